The number of nitrogens with one attached hydrogen (secondary N) is 1. The van der Waals surface area contributed by atoms with Crippen molar-refractivity contribution in [1.82, 2.24) is 10.2 Å². The number of hydrogen-bond donors (Lipinski definition) is 1. The summed E-state index contributed by atoms with van der Waals surface area (Å²) in [7, 11) is 0. The van der Waals surface area contributed by atoms with Gasteiger partial charge in [-0.05, 0) is 38.4 Å². The van der Waals surface area contributed by atoms with Crippen molar-refractivity contribution in [2.75, 3.05) is 26.2 Å². The normalized spacial score (nSPS) is 17.0. The smallest absolute Gasteiger partial charge is 0.130 e. The number of hydrogen-bond acceptors (Lipinski definition) is 2. The Kier molecular flexibility index (Phi) is 5.14. The third kappa shape index (κ3) is 3.79. The third-order valence-corrected chi connectivity index (χ3v) is 3.64. The van der Waals surface area contributed by atoms with Crippen LogP contribution in [-0.2, 0) is 6.54 Å². The lowest BCUT2D eigenvalue weighted by Gasteiger charge is -2.26. The Balaban J connectivity index is 1.70. The summed E-state index contributed by atoms with van der Waals surface area (Å²) in [5, 5.41) is 3.34. The minimum atomic E-state index is -0.0667. The van der Waals surface area contributed by atoms with Crippen LogP contribution in [-0.4, -0.2) is 31.1 Å². The minimum Gasteiger partial charge on any atom is -0.311 e. The lowest BCUT2D eigenvalue weighted by molar-refractivity contribution is 0.229. The Morgan fingerprint density at radius 2 is 2.00 bits per heavy atom. The molecule has 0 amide bonds. The van der Waals surface area contributed by atoms with Crippen molar-refractivity contribution in [3.05, 3.63) is 35.1 Å². The van der Waals surface area contributed by atoms with Crippen LogP contribution in [0.15, 0.2) is 18.2 Å². The first-order valence-electron chi connectivity index (χ1n) is 6.94. The van der Waals surface area contributed by atoms with E-state index < -0.39 is 0 Å². The van der Waals surface area contributed by atoms with Crippen LogP contribution in [0.5, 0.6) is 0 Å². The Bertz CT molecular complexity index is 373. The van der Waals surface area contributed by atoms with E-state index in [-0.39, 0.29) is 5.82 Å². The summed E-state index contributed by atoms with van der Waals surface area (Å²) in [5.74, 6) is -0.0667. The lowest BCUT2D eigenvalue weighted by Crippen LogP contribution is -2.35. The Labute approximate surface area is 109 Å². The Morgan fingerprint density at radius 1 is 1.22 bits per heavy atom. The first-order valence-corrected chi connectivity index (χ1v) is 6.94. The van der Waals surface area contributed by atoms with Crippen molar-refractivity contribution < 1.29 is 4.39 Å². The summed E-state index contributed by atoms with van der Waals surface area (Å²) in [5.41, 5.74) is 1.50. The third-order valence-electron chi connectivity index (χ3n) is 3.64. The standard InChI is InChI=1S/C15H23FN2/c1-13-6-5-7-14(15(13)16)12-17-8-11-18-9-3-2-4-10-18/h5-7,17H,2-4,8-12H2,1H3. The van der Waals surface area contributed by atoms with Crippen LogP contribution in [0.3, 0.4) is 0 Å². The second kappa shape index (κ2) is 6.86. The van der Waals surface area contributed by atoms with E-state index in [0.29, 0.717) is 6.54 Å². The van der Waals surface area contributed by atoms with Gasteiger partial charge in [-0.15, -0.1) is 0 Å². The molecule has 0 atom stereocenters. The van der Waals surface area contributed by atoms with Crippen molar-refractivity contribution in [2.45, 2.75) is 32.7 Å². The van der Waals surface area contributed by atoms with Gasteiger partial charge in [0.25, 0.3) is 0 Å². The van der Waals surface area contributed by atoms with Crippen molar-refractivity contribution in [3.8, 4) is 0 Å². The van der Waals surface area contributed by atoms with Gasteiger partial charge in [-0.25, -0.2) is 4.39 Å². The molecule has 0 unspecified atom stereocenters. The van der Waals surface area contributed by atoms with Crippen LogP contribution in [0.1, 0.15) is 30.4 Å². The van der Waals surface area contributed by atoms with Crippen molar-refractivity contribution in [2.24, 2.45) is 0 Å². The summed E-state index contributed by atoms with van der Waals surface area (Å²) in [6, 6.07) is 5.59. The highest BCUT2D eigenvalue weighted by molar-refractivity contribution is 5.24. The molecule has 0 saturated carbocycles. The highest BCUT2D eigenvalue weighted by atomic mass is 19.1. The van der Waals surface area contributed by atoms with Gasteiger partial charge in [0.15, 0.2) is 0 Å². The summed E-state index contributed by atoms with van der Waals surface area (Å²) in [4.78, 5) is 2.49. The molecule has 1 heterocycles. The second-order valence-electron chi connectivity index (χ2n) is 5.13. The summed E-state index contributed by atoms with van der Waals surface area (Å²) < 4.78 is 13.7. The van der Waals surface area contributed by atoms with Crippen molar-refractivity contribution >= 4 is 0 Å². The van der Waals surface area contributed by atoms with Gasteiger partial charge in [-0.1, -0.05) is 24.6 Å². The van der Waals surface area contributed by atoms with Crippen molar-refractivity contribution in [1.29, 1.82) is 0 Å². The first-order chi connectivity index (χ1) is 8.77. The number of benzene rings is 1. The van der Waals surface area contributed by atoms with Crippen LogP contribution in [0.4, 0.5) is 4.39 Å². The topological polar surface area (TPSA) is 15.3 Å². The zero-order valence-corrected chi connectivity index (χ0v) is 11.2. The number of rotatable bonds is 5. The molecular formula is C15H23FN2. The Morgan fingerprint density at radius 3 is 2.78 bits per heavy atom. The van der Waals surface area contributed by atoms with Crippen LogP contribution in [0.25, 0.3) is 0 Å². The molecule has 1 fully saturated rings. The van der Waals surface area contributed by atoms with E-state index in [2.05, 4.69) is 10.2 Å². The highest BCUT2D eigenvalue weighted by Crippen LogP contribution is 2.11. The molecule has 18 heavy (non-hydrogen) atoms. The van der Waals surface area contributed by atoms with Crippen LogP contribution >= 0.6 is 0 Å². The highest BCUT2D eigenvalue weighted by Gasteiger charge is 2.09. The molecule has 1 N–H and O–H groups in total. The maximum Gasteiger partial charge on any atom is 0.130 e. The summed E-state index contributed by atoms with van der Waals surface area (Å²) in [6.07, 6.45) is 4.03. The molecule has 2 rings (SSSR count). The largest absolute Gasteiger partial charge is 0.311 e. The fraction of sp³-hybridized carbons (Fsp3) is 0.600. The molecule has 1 aromatic rings. The zero-order chi connectivity index (χ0) is 12.8. The van der Waals surface area contributed by atoms with E-state index in [1.807, 2.05) is 25.1 Å². The number of nitrogens with zero attached hydrogens (tertiary/aromatic N) is 1. The van der Waals surface area contributed by atoms with E-state index in [0.717, 1.165) is 24.2 Å². The average Bonchev–Trinajstić information content (AvgIpc) is 2.40. The van der Waals surface area contributed by atoms with Gasteiger partial charge in [0.1, 0.15) is 5.82 Å². The molecule has 2 nitrogen and oxygen atoms in total. The number of likely N-dealkylation sites (tertiary alicyclic amines) is 1. The molecular weight excluding hydrogens is 227 g/mol. The van der Waals surface area contributed by atoms with Gasteiger partial charge in [0, 0.05) is 25.2 Å². The molecule has 0 bridgehead atoms. The van der Waals surface area contributed by atoms with Gasteiger partial charge >= 0.3 is 0 Å². The van der Waals surface area contributed by atoms with Crippen LogP contribution in [0.2, 0.25) is 0 Å². The van der Waals surface area contributed by atoms with Crippen molar-refractivity contribution in [3.63, 3.8) is 0 Å². The molecule has 100 valence electrons. The predicted molar refractivity (Wildman–Crippen MR) is 73.1 cm³/mol. The molecule has 1 aliphatic heterocycles. The van der Waals surface area contributed by atoms with E-state index in [1.54, 1.807) is 0 Å². The molecule has 1 aliphatic rings. The molecule has 0 radical (unpaired) electrons. The average molecular weight is 250 g/mol. The van der Waals surface area contributed by atoms with E-state index >= 15 is 0 Å². The SMILES string of the molecule is Cc1cccc(CNCCN2CCCCC2)c1F. The monoisotopic (exact) mass is 250 g/mol. The van der Waals surface area contributed by atoms with Gasteiger partial charge in [0.2, 0.25) is 0 Å². The van der Waals surface area contributed by atoms with E-state index in [4.69, 9.17) is 0 Å². The number of aryl methyl sites for hydroxylation is 1. The fourth-order valence-electron chi connectivity index (χ4n) is 2.49. The van der Waals surface area contributed by atoms with Gasteiger partial charge in [-0.2, -0.15) is 0 Å². The Hall–Kier alpha value is -0.930. The predicted octanol–water partition coefficient (Wildman–Crippen LogP) is 2.71. The molecule has 1 saturated heterocycles. The van der Waals surface area contributed by atoms with Crippen LogP contribution in [0, 0.1) is 12.7 Å². The maximum atomic E-state index is 13.7. The molecule has 0 aromatic heterocycles. The number of piperidine rings is 1. The quantitative estimate of drug-likeness (QED) is 0.808. The number of halogens is 1. The zero-order valence-electron chi connectivity index (χ0n) is 11.2. The summed E-state index contributed by atoms with van der Waals surface area (Å²) in [6.45, 7) is 6.90. The van der Waals surface area contributed by atoms with Gasteiger partial charge in [-0.3, -0.25) is 0 Å². The molecule has 0 aliphatic carbocycles. The van der Waals surface area contributed by atoms with E-state index in [9.17, 15) is 4.39 Å². The molecule has 0 spiro atoms. The van der Waals surface area contributed by atoms with Gasteiger partial charge in [0.05, 0.1) is 0 Å². The summed E-state index contributed by atoms with van der Waals surface area (Å²) >= 11 is 0. The minimum absolute atomic E-state index is 0.0667. The lowest BCUT2D eigenvalue weighted by atomic mass is 10.1. The van der Waals surface area contributed by atoms with Crippen LogP contribution < -0.4 is 5.32 Å². The molecule has 1 aromatic carbocycles. The first kappa shape index (κ1) is 13.5. The van der Waals surface area contributed by atoms with E-state index in [1.165, 1.54) is 32.4 Å². The fourth-order valence-corrected chi connectivity index (χ4v) is 2.49. The maximum absolute atomic E-state index is 13.7. The van der Waals surface area contributed by atoms with Gasteiger partial charge < -0.3 is 10.2 Å². The second-order valence-corrected chi connectivity index (χ2v) is 5.13. The molecule has 3 heteroatoms.